The molecule has 1 saturated heterocycles. The number of nitrogens with one attached hydrogen (secondary N) is 1. The van der Waals surface area contributed by atoms with Gasteiger partial charge in [0.25, 0.3) is 0 Å². The van der Waals surface area contributed by atoms with Crippen molar-refractivity contribution in [2.75, 3.05) is 37.5 Å². The molecule has 0 aliphatic carbocycles. The number of hydrogen-bond donors (Lipinski definition) is 1. The lowest BCUT2D eigenvalue weighted by Crippen LogP contribution is -2.42. The van der Waals surface area contributed by atoms with Gasteiger partial charge in [-0.15, -0.1) is 0 Å². The molecule has 24 heavy (non-hydrogen) atoms. The van der Waals surface area contributed by atoms with E-state index in [0.29, 0.717) is 6.04 Å². The molecule has 1 aliphatic heterocycles. The molecule has 1 aromatic carbocycles. The summed E-state index contributed by atoms with van der Waals surface area (Å²) >= 11 is 0. The van der Waals surface area contributed by atoms with Gasteiger partial charge >= 0.3 is 0 Å². The van der Waals surface area contributed by atoms with E-state index in [2.05, 4.69) is 20.2 Å². The van der Waals surface area contributed by atoms with E-state index in [1.54, 1.807) is 14.2 Å². The monoisotopic (exact) mass is 328 g/mol. The lowest BCUT2D eigenvalue weighted by atomic mass is 10.1. The molecule has 2 aromatic rings. The molecule has 0 saturated carbocycles. The van der Waals surface area contributed by atoms with Gasteiger partial charge in [0.1, 0.15) is 23.1 Å². The van der Waals surface area contributed by atoms with Crippen molar-refractivity contribution in [3.63, 3.8) is 0 Å². The lowest BCUT2D eigenvalue weighted by Gasteiger charge is -2.34. The number of nitrogens with zero attached hydrogens (tertiary/aromatic N) is 3. The second-order valence-electron chi connectivity index (χ2n) is 5.99. The van der Waals surface area contributed by atoms with Gasteiger partial charge < -0.3 is 19.7 Å². The van der Waals surface area contributed by atoms with Crippen molar-refractivity contribution in [3.8, 4) is 11.5 Å². The van der Waals surface area contributed by atoms with Gasteiger partial charge in [0, 0.05) is 49.2 Å². The van der Waals surface area contributed by atoms with Crippen LogP contribution >= 0.6 is 0 Å². The molecule has 6 heteroatoms. The number of rotatable bonds is 5. The summed E-state index contributed by atoms with van der Waals surface area (Å²) in [4.78, 5) is 11.0. The summed E-state index contributed by atoms with van der Waals surface area (Å²) in [6, 6.07) is 8.20. The average molecular weight is 328 g/mol. The Morgan fingerprint density at radius 2 is 1.92 bits per heavy atom. The minimum absolute atomic E-state index is 0.353. The molecular formula is C18H24N4O2. The maximum atomic E-state index is 5.34. The first-order chi connectivity index (χ1) is 11.7. The van der Waals surface area contributed by atoms with Crippen LogP contribution in [0.4, 0.5) is 11.5 Å². The van der Waals surface area contributed by atoms with Crippen LogP contribution in [0.25, 0.3) is 0 Å². The van der Waals surface area contributed by atoms with Gasteiger partial charge in [-0.1, -0.05) is 0 Å². The molecule has 1 N–H and O–H groups in total. The Morgan fingerprint density at radius 3 is 2.58 bits per heavy atom. The number of benzene rings is 1. The largest absolute Gasteiger partial charge is 0.497 e. The summed E-state index contributed by atoms with van der Waals surface area (Å²) in [7, 11) is 3.33. The molecule has 1 aromatic heterocycles. The van der Waals surface area contributed by atoms with Crippen molar-refractivity contribution in [2.24, 2.45) is 0 Å². The van der Waals surface area contributed by atoms with E-state index in [1.165, 1.54) is 0 Å². The van der Waals surface area contributed by atoms with E-state index in [1.807, 2.05) is 37.4 Å². The second-order valence-corrected chi connectivity index (χ2v) is 5.99. The zero-order chi connectivity index (χ0) is 16.9. The van der Waals surface area contributed by atoms with Crippen LogP contribution in [0.15, 0.2) is 30.5 Å². The molecule has 3 rings (SSSR count). The van der Waals surface area contributed by atoms with E-state index in [9.17, 15) is 0 Å². The summed E-state index contributed by atoms with van der Waals surface area (Å²) in [5, 5.41) is 3.60. The normalized spacial score (nSPS) is 17.5. The molecule has 0 unspecified atom stereocenters. The minimum atomic E-state index is 0.353. The highest BCUT2D eigenvalue weighted by Crippen LogP contribution is 2.27. The zero-order valence-electron chi connectivity index (χ0n) is 14.5. The lowest BCUT2D eigenvalue weighted by molar-refractivity contribution is 0.394. The SMILES string of the molecule is COc1cc(N[C@@H]2CCCN(c3ccnc(C)n3)C2)cc(OC)c1. The highest BCUT2D eigenvalue weighted by Gasteiger charge is 2.21. The highest BCUT2D eigenvalue weighted by molar-refractivity contribution is 5.54. The third kappa shape index (κ3) is 3.88. The summed E-state index contributed by atoms with van der Waals surface area (Å²) in [5.41, 5.74) is 1.01. The Labute approximate surface area is 142 Å². The number of piperidine rings is 1. The van der Waals surface area contributed by atoms with Crippen LogP contribution in [0.2, 0.25) is 0 Å². The number of aromatic nitrogens is 2. The number of methoxy groups -OCH3 is 2. The molecule has 1 fully saturated rings. The van der Waals surface area contributed by atoms with E-state index >= 15 is 0 Å². The maximum absolute atomic E-state index is 5.34. The maximum Gasteiger partial charge on any atom is 0.132 e. The first kappa shape index (κ1) is 16.4. The number of aryl methyl sites for hydroxylation is 1. The van der Waals surface area contributed by atoms with Gasteiger partial charge in [-0.2, -0.15) is 0 Å². The van der Waals surface area contributed by atoms with Gasteiger partial charge in [-0.05, 0) is 25.8 Å². The minimum Gasteiger partial charge on any atom is -0.497 e. The first-order valence-electron chi connectivity index (χ1n) is 8.22. The summed E-state index contributed by atoms with van der Waals surface area (Å²) < 4.78 is 10.7. The first-order valence-corrected chi connectivity index (χ1v) is 8.22. The molecule has 2 heterocycles. The third-order valence-corrected chi connectivity index (χ3v) is 4.23. The third-order valence-electron chi connectivity index (χ3n) is 4.23. The van der Waals surface area contributed by atoms with Gasteiger partial charge in [0.15, 0.2) is 0 Å². The number of ether oxygens (including phenoxy) is 2. The Hall–Kier alpha value is -2.50. The second kappa shape index (κ2) is 7.38. The fraction of sp³-hybridized carbons (Fsp3) is 0.444. The Bertz CT molecular complexity index is 670. The van der Waals surface area contributed by atoms with Gasteiger partial charge in [-0.3, -0.25) is 0 Å². The topological polar surface area (TPSA) is 59.5 Å². The van der Waals surface area contributed by atoms with Crippen LogP contribution in [0.1, 0.15) is 18.7 Å². The average Bonchev–Trinajstić information content (AvgIpc) is 2.61. The van der Waals surface area contributed by atoms with Crippen LogP contribution in [0.3, 0.4) is 0 Å². The molecular weight excluding hydrogens is 304 g/mol. The van der Waals surface area contributed by atoms with Gasteiger partial charge in [0.05, 0.1) is 14.2 Å². The van der Waals surface area contributed by atoms with Crippen molar-refractivity contribution >= 4 is 11.5 Å². The Balaban J connectivity index is 1.71. The molecule has 128 valence electrons. The molecule has 0 bridgehead atoms. The van der Waals surface area contributed by atoms with E-state index in [4.69, 9.17) is 9.47 Å². The van der Waals surface area contributed by atoms with Crippen LogP contribution in [-0.4, -0.2) is 43.3 Å². The van der Waals surface area contributed by atoms with Gasteiger partial charge in [0.2, 0.25) is 0 Å². The van der Waals surface area contributed by atoms with E-state index in [-0.39, 0.29) is 0 Å². The van der Waals surface area contributed by atoms with Crippen LogP contribution in [0, 0.1) is 6.92 Å². The number of hydrogen-bond acceptors (Lipinski definition) is 6. The van der Waals surface area contributed by atoms with Crippen molar-refractivity contribution < 1.29 is 9.47 Å². The van der Waals surface area contributed by atoms with Crippen LogP contribution in [0.5, 0.6) is 11.5 Å². The zero-order valence-corrected chi connectivity index (χ0v) is 14.5. The van der Waals surface area contributed by atoms with Crippen LogP contribution < -0.4 is 19.7 Å². The van der Waals surface area contributed by atoms with Crippen molar-refractivity contribution in [2.45, 2.75) is 25.8 Å². The summed E-state index contributed by atoms with van der Waals surface area (Å²) in [6.07, 6.45) is 4.07. The smallest absolute Gasteiger partial charge is 0.132 e. The summed E-state index contributed by atoms with van der Waals surface area (Å²) in [6.45, 7) is 3.86. The van der Waals surface area contributed by atoms with E-state index < -0.39 is 0 Å². The molecule has 6 nitrogen and oxygen atoms in total. The predicted octanol–water partition coefficient (Wildman–Crippen LogP) is 2.88. The molecule has 0 radical (unpaired) electrons. The van der Waals surface area contributed by atoms with Gasteiger partial charge in [-0.25, -0.2) is 9.97 Å². The number of anilines is 2. The molecule has 1 aliphatic rings. The molecule has 1 atom stereocenters. The van der Waals surface area contributed by atoms with Crippen LogP contribution in [-0.2, 0) is 0 Å². The fourth-order valence-corrected chi connectivity index (χ4v) is 3.05. The molecule has 0 amide bonds. The summed E-state index contributed by atoms with van der Waals surface area (Å²) in [5.74, 6) is 3.38. The fourth-order valence-electron chi connectivity index (χ4n) is 3.05. The Kier molecular flexibility index (Phi) is 5.03. The standard InChI is InChI=1S/C18H24N4O2/c1-13-19-7-6-18(20-13)22-8-4-5-14(12-22)21-15-9-16(23-2)11-17(10-15)24-3/h6-7,9-11,14,21H,4-5,8,12H2,1-3H3/t14-/m1/s1. The molecule has 0 spiro atoms. The predicted molar refractivity (Wildman–Crippen MR) is 95.2 cm³/mol. The van der Waals surface area contributed by atoms with Crippen molar-refractivity contribution in [3.05, 3.63) is 36.3 Å². The van der Waals surface area contributed by atoms with E-state index in [0.717, 1.165) is 54.8 Å². The Morgan fingerprint density at radius 1 is 1.17 bits per heavy atom. The van der Waals surface area contributed by atoms with Crippen molar-refractivity contribution in [1.29, 1.82) is 0 Å². The quantitative estimate of drug-likeness (QED) is 0.911. The van der Waals surface area contributed by atoms with Crippen molar-refractivity contribution in [1.82, 2.24) is 9.97 Å². The highest BCUT2D eigenvalue weighted by atomic mass is 16.5.